The summed E-state index contributed by atoms with van der Waals surface area (Å²) in [5, 5.41) is 0. The molecule has 1 aliphatic heterocycles. The van der Waals surface area contributed by atoms with Crippen LogP contribution in [0.5, 0.6) is 0 Å². The van der Waals surface area contributed by atoms with Crippen LogP contribution in [0.3, 0.4) is 0 Å². The van der Waals surface area contributed by atoms with Gasteiger partial charge in [0.25, 0.3) is 0 Å². The van der Waals surface area contributed by atoms with E-state index in [4.69, 9.17) is 5.73 Å². The fourth-order valence-electron chi connectivity index (χ4n) is 3.42. The van der Waals surface area contributed by atoms with Gasteiger partial charge in [-0.2, -0.15) is 0 Å². The summed E-state index contributed by atoms with van der Waals surface area (Å²) >= 11 is 0. The Morgan fingerprint density at radius 3 is 3.00 bits per heavy atom. The number of anilines is 1. The molecule has 1 unspecified atom stereocenters. The van der Waals surface area contributed by atoms with Crippen molar-refractivity contribution in [3.63, 3.8) is 0 Å². The average Bonchev–Trinajstić information content (AvgIpc) is 2.84. The van der Waals surface area contributed by atoms with Gasteiger partial charge in [-0.05, 0) is 45.4 Å². The molecule has 0 bridgehead atoms. The lowest BCUT2D eigenvalue weighted by Gasteiger charge is -2.38. The fraction of sp³-hybridized carbons (Fsp3) is 0.562. The number of hydrogen-bond donors (Lipinski definition) is 1. The Kier molecular flexibility index (Phi) is 3.66. The summed E-state index contributed by atoms with van der Waals surface area (Å²) in [4.78, 5) is 7.22. The van der Waals surface area contributed by atoms with E-state index in [0.717, 1.165) is 23.6 Å². The molecule has 0 saturated carbocycles. The van der Waals surface area contributed by atoms with Gasteiger partial charge >= 0.3 is 0 Å². The molecule has 0 radical (unpaired) electrons. The number of aromatic nitrogens is 2. The Morgan fingerprint density at radius 2 is 2.20 bits per heavy atom. The molecule has 108 valence electrons. The molecule has 1 saturated heterocycles. The van der Waals surface area contributed by atoms with E-state index in [1.807, 2.05) is 18.3 Å². The molecule has 2 N–H and O–H groups in total. The Labute approximate surface area is 120 Å². The molecule has 0 amide bonds. The van der Waals surface area contributed by atoms with Gasteiger partial charge in [0.15, 0.2) is 0 Å². The number of nitrogen functional groups attached to an aromatic ring is 1. The van der Waals surface area contributed by atoms with Crippen molar-refractivity contribution < 1.29 is 0 Å². The van der Waals surface area contributed by atoms with E-state index >= 15 is 0 Å². The fourth-order valence-corrected chi connectivity index (χ4v) is 3.42. The minimum atomic E-state index is 0.592. The van der Waals surface area contributed by atoms with Gasteiger partial charge in [0.2, 0.25) is 0 Å². The molecule has 3 rings (SSSR count). The summed E-state index contributed by atoms with van der Waals surface area (Å²) in [5.74, 6) is 1.87. The molecular weight excluding hydrogens is 248 g/mol. The van der Waals surface area contributed by atoms with E-state index in [0.29, 0.717) is 12.1 Å². The van der Waals surface area contributed by atoms with E-state index < -0.39 is 0 Å². The molecule has 1 fully saturated rings. The zero-order valence-electron chi connectivity index (χ0n) is 12.4. The predicted octanol–water partition coefficient (Wildman–Crippen LogP) is 2.72. The lowest BCUT2D eigenvalue weighted by atomic mass is 9.97. The number of hydrogen-bond acceptors (Lipinski definition) is 3. The van der Waals surface area contributed by atoms with Crippen LogP contribution in [0.15, 0.2) is 24.4 Å². The third kappa shape index (κ3) is 2.40. The summed E-state index contributed by atoms with van der Waals surface area (Å²) < 4.78 is 2.09. The molecule has 0 spiro atoms. The van der Waals surface area contributed by atoms with Gasteiger partial charge in [-0.15, -0.1) is 0 Å². The minimum Gasteiger partial charge on any atom is -0.385 e. The van der Waals surface area contributed by atoms with Crippen LogP contribution in [0, 0.1) is 0 Å². The van der Waals surface area contributed by atoms with Gasteiger partial charge in [-0.25, -0.2) is 4.98 Å². The second-order valence-corrected chi connectivity index (χ2v) is 6.07. The van der Waals surface area contributed by atoms with Crippen LogP contribution >= 0.6 is 0 Å². The summed E-state index contributed by atoms with van der Waals surface area (Å²) in [6.45, 7) is 5.79. The second-order valence-electron chi connectivity index (χ2n) is 6.07. The molecule has 0 aromatic carbocycles. The van der Waals surface area contributed by atoms with E-state index in [1.165, 1.54) is 25.8 Å². The number of nitrogens with two attached hydrogens (primary N) is 1. The molecule has 0 aliphatic carbocycles. The first-order chi connectivity index (χ1) is 9.66. The first-order valence-corrected chi connectivity index (χ1v) is 7.63. The number of fused-ring (bicyclic) bond motifs is 1. The van der Waals surface area contributed by atoms with Crippen LogP contribution in [0.25, 0.3) is 5.52 Å². The highest BCUT2D eigenvalue weighted by Gasteiger charge is 2.26. The molecule has 20 heavy (non-hydrogen) atoms. The van der Waals surface area contributed by atoms with Crippen molar-refractivity contribution in [3.05, 3.63) is 30.2 Å². The maximum absolute atomic E-state index is 6.11. The molecular formula is C16H24N4. The lowest BCUT2D eigenvalue weighted by Crippen LogP contribution is -2.45. The maximum Gasteiger partial charge on any atom is 0.116 e. The van der Waals surface area contributed by atoms with Gasteiger partial charge in [0.1, 0.15) is 11.6 Å². The van der Waals surface area contributed by atoms with Crippen LogP contribution < -0.4 is 5.73 Å². The second kappa shape index (κ2) is 5.44. The summed E-state index contributed by atoms with van der Waals surface area (Å²) in [5.41, 5.74) is 7.20. The Bertz CT molecular complexity index is 587. The Hall–Kier alpha value is -1.55. The van der Waals surface area contributed by atoms with Crippen molar-refractivity contribution in [2.45, 2.75) is 51.6 Å². The van der Waals surface area contributed by atoms with Crippen molar-refractivity contribution in [1.29, 1.82) is 0 Å². The normalized spacial score (nSPS) is 20.9. The number of pyridine rings is 1. The van der Waals surface area contributed by atoms with Gasteiger partial charge < -0.3 is 5.73 Å². The summed E-state index contributed by atoms with van der Waals surface area (Å²) in [6.07, 6.45) is 6.82. The zero-order chi connectivity index (χ0) is 14.1. The topological polar surface area (TPSA) is 46.6 Å². The molecule has 3 heterocycles. The SMILES string of the molecule is CC(C)N1CCCCC1Cc1ncc2cccc(N)n12. The molecule has 2 aromatic heterocycles. The number of imidazole rings is 1. The zero-order valence-corrected chi connectivity index (χ0v) is 12.4. The third-order valence-electron chi connectivity index (χ3n) is 4.41. The third-order valence-corrected chi connectivity index (χ3v) is 4.41. The maximum atomic E-state index is 6.11. The first-order valence-electron chi connectivity index (χ1n) is 7.63. The van der Waals surface area contributed by atoms with Crippen LogP contribution in [0.1, 0.15) is 38.9 Å². The van der Waals surface area contributed by atoms with Crippen LogP contribution in [-0.4, -0.2) is 32.9 Å². The van der Waals surface area contributed by atoms with Gasteiger partial charge in [-0.3, -0.25) is 9.30 Å². The van der Waals surface area contributed by atoms with E-state index in [-0.39, 0.29) is 0 Å². The monoisotopic (exact) mass is 272 g/mol. The molecule has 2 aromatic rings. The van der Waals surface area contributed by atoms with Crippen molar-refractivity contribution in [2.24, 2.45) is 0 Å². The number of piperidine rings is 1. The number of rotatable bonds is 3. The highest BCUT2D eigenvalue weighted by molar-refractivity contribution is 5.53. The van der Waals surface area contributed by atoms with Crippen LogP contribution in [0.2, 0.25) is 0 Å². The average molecular weight is 272 g/mol. The number of likely N-dealkylation sites (tertiary alicyclic amines) is 1. The van der Waals surface area contributed by atoms with Crippen molar-refractivity contribution in [2.75, 3.05) is 12.3 Å². The molecule has 1 atom stereocenters. The van der Waals surface area contributed by atoms with Crippen LogP contribution in [-0.2, 0) is 6.42 Å². The van der Waals surface area contributed by atoms with Gasteiger partial charge in [0.05, 0.1) is 11.7 Å². The predicted molar refractivity (Wildman–Crippen MR) is 82.8 cm³/mol. The van der Waals surface area contributed by atoms with E-state index in [9.17, 15) is 0 Å². The number of nitrogens with zero attached hydrogens (tertiary/aromatic N) is 3. The van der Waals surface area contributed by atoms with Gasteiger partial charge in [-0.1, -0.05) is 12.5 Å². The quantitative estimate of drug-likeness (QED) is 0.934. The molecule has 4 heteroatoms. The van der Waals surface area contributed by atoms with Crippen molar-refractivity contribution in [3.8, 4) is 0 Å². The molecule has 4 nitrogen and oxygen atoms in total. The van der Waals surface area contributed by atoms with Crippen molar-refractivity contribution in [1.82, 2.24) is 14.3 Å². The lowest BCUT2D eigenvalue weighted by molar-refractivity contribution is 0.110. The minimum absolute atomic E-state index is 0.592. The summed E-state index contributed by atoms with van der Waals surface area (Å²) in [6, 6.07) is 7.18. The smallest absolute Gasteiger partial charge is 0.116 e. The highest BCUT2D eigenvalue weighted by atomic mass is 15.2. The van der Waals surface area contributed by atoms with Crippen molar-refractivity contribution >= 4 is 11.3 Å². The highest BCUT2D eigenvalue weighted by Crippen LogP contribution is 2.23. The largest absolute Gasteiger partial charge is 0.385 e. The summed E-state index contributed by atoms with van der Waals surface area (Å²) in [7, 11) is 0. The molecule has 1 aliphatic rings. The van der Waals surface area contributed by atoms with Gasteiger partial charge in [0, 0.05) is 18.5 Å². The Balaban J connectivity index is 1.88. The van der Waals surface area contributed by atoms with E-state index in [2.05, 4.69) is 34.2 Å². The first kappa shape index (κ1) is 13.4. The standard InChI is InChI=1S/C16H24N4/c1-12(2)19-9-4-3-6-13(19)10-16-18-11-14-7-5-8-15(17)20(14)16/h5,7-8,11-13H,3-4,6,9-10,17H2,1-2H3. The van der Waals surface area contributed by atoms with E-state index in [1.54, 1.807) is 0 Å². The van der Waals surface area contributed by atoms with Crippen LogP contribution in [0.4, 0.5) is 5.82 Å². The Morgan fingerprint density at radius 1 is 1.35 bits per heavy atom.